The first-order chi connectivity index (χ1) is 4.20. The van der Waals surface area contributed by atoms with E-state index in [1.165, 1.54) is 0 Å². The van der Waals surface area contributed by atoms with E-state index in [1.807, 2.05) is 0 Å². The highest BCUT2D eigenvalue weighted by Gasteiger charge is 1.96. The van der Waals surface area contributed by atoms with Crippen molar-refractivity contribution in [2.75, 3.05) is 6.54 Å². The predicted molar refractivity (Wildman–Crippen MR) is 41.3 cm³/mol. The molecule has 0 N–H and O–H groups in total. The van der Waals surface area contributed by atoms with Crippen LogP contribution in [0.4, 0.5) is 0 Å². The fourth-order valence-electron chi connectivity index (χ4n) is 0.564. The predicted octanol–water partition coefficient (Wildman–Crippen LogP) is 1.70. The van der Waals surface area contributed by atoms with Gasteiger partial charge in [0, 0.05) is 19.5 Å². The van der Waals surface area contributed by atoms with Gasteiger partial charge < -0.3 is 0 Å². The van der Waals surface area contributed by atoms with Crippen LogP contribution < -0.4 is 0 Å². The molecule has 2 nitrogen and oxygen atoms in total. The summed E-state index contributed by atoms with van der Waals surface area (Å²) in [6.07, 6.45) is 1.67. The molecule has 0 aliphatic rings. The largest absolute Gasteiger partial charge is 0.274 e. The lowest BCUT2D eigenvalue weighted by Gasteiger charge is -2.14. The SMILES string of the molecule is C=CN(CC(C)C)N=C. The molecule has 52 valence electrons. The van der Waals surface area contributed by atoms with Crippen molar-refractivity contribution in [2.24, 2.45) is 11.0 Å². The molecule has 9 heavy (non-hydrogen) atoms. The normalized spacial score (nSPS) is 9.22. The van der Waals surface area contributed by atoms with Crippen LogP contribution in [0.2, 0.25) is 0 Å². The van der Waals surface area contributed by atoms with Crippen LogP contribution in [0.15, 0.2) is 17.9 Å². The van der Waals surface area contributed by atoms with Gasteiger partial charge in [-0.2, -0.15) is 5.10 Å². The van der Waals surface area contributed by atoms with Crippen molar-refractivity contribution in [1.82, 2.24) is 5.01 Å². The molecule has 0 aromatic heterocycles. The second-order valence-electron chi connectivity index (χ2n) is 2.34. The maximum Gasteiger partial charge on any atom is 0.0431 e. The van der Waals surface area contributed by atoms with Crippen molar-refractivity contribution in [3.8, 4) is 0 Å². The Labute approximate surface area is 56.9 Å². The third-order valence-electron chi connectivity index (χ3n) is 0.945. The minimum atomic E-state index is 0.605. The van der Waals surface area contributed by atoms with E-state index in [4.69, 9.17) is 0 Å². The fraction of sp³-hybridized carbons (Fsp3) is 0.571. The van der Waals surface area contributed by atoms with Crippen molar-refractivity contribution in [3.05, 3.63) is 12.8 Å². The highest BCUT2D eigenvalue weighted by molar-refractivity contribution is 5.22. The number of hydrogen-bond donors (Lipinski definition) is 0. The van der Waals surface area contributed by atoms with Gasteiger partial charge in [-0.1, -0.05) is 20.4 Å². The Hall–Kier alpha value is -0.790. The van der Waals surface area contributed by atoms with Crippen LogP contribution in [-0.2, 0) is 0 Å². The molecule has 0 heterocycles. The van der Waals surface area contributed by atoms with Crippen molar-refractivity contribution < 1.29 is 0 Å². The number of hydrazone groups is 1. The summed E-state index contributed by atoms with van der Waals surface area (Å²) in [7, 11) is 0. The van der Waals surface area contributed by atoms with Gasteiger partial charge in [-0.05, 0) is 5.92 Å². The standard InChI is InChI=1S/C7H14N2/c1-5-9(8-4)6-7(2)3/h5,7H,1,4,6H2,2-3H3. The lowest BCUT2D eigenvalue weighted by atomic mass is 10.2. The smallest absolute Gasteiger partial charge is 0.0431 e. The molecule has 0 bridgehead atoms. The zero-order chi connectivity index (χ0) is 7.28. The molecule has 0 atom stereocenters. The summed E-state index contributed by atoms with van der Waals surface area (Å²) < 4.78 is 0. The molecule has 0 saturated heterocycles. The quantitative estimate of drug-likeness (QED) is 0.413. The van der Waals surface area contributed by atoms with Gasteiger partial charge in [0.1, 0.15) is 0 Å². The Morgan fingerprint density at radius 2 is 2.22 bits per heavy atom. The first kappa shape index (κ1) is 8.21. The van der Waals surface area contributed by atoms with Crippen molar-refractivity contribution in [1.29, 1.82) is 0 Å². The van der Waals surface area contributed by atoms with Crippen LogP contribution in [0, 0.1) is 5.92 Å². The summed E-state index contributed by atoms with van der Waals surface area (Å²) >= 11 is 0. The number of hydrogen-bond acceptors (Lipinski definition) is 2. The first-order valence-corrected chi connectivity index (χ1v) is 3.06. The molecule has 0 aliphatic heterocycles. The van der Waals surface area contributed by atoms with Crippen molar-refractivity contribution in [2.45, 2.75) is 13.8 Å². The third kappa shape index (κ3) is 3.76. The van der Waals surface area contributed by atoms with Gasteiger partial charge in [-0.25, -0.2) is 0 Å². The van der Waals surface area contributed by atoms with E-state index < -0.39 is 0 Å². The van der Waals surface area contributed by atoms with Gasteiger partial charge in [0.25, 0.3) is 0 Å². The average molecular weight is 126 g/mol. The zero-order valence-corrected chi connectivity index (χ0v) is 6.17. The fourth-order valence-corrected chi connectivity index (χ4v) is 0.564. The van der Waals surface area contributed by atoms with Crippen LogP contribution in [0.3, 0.4) is 0 Å². The van der Waals surface area contributed by atoms with E-state index in [-0.39, 0.29) is 0 Å². The molecule has 2 heteroatoms. The van der Waals surface area contributed by atoms with E-state index in [1.54, 1.807) is 11.2 Å². The Morgan fingerprint density at radius 1 is 1.67 bits per heavy atom. The van der Waals surface area contributed by atoms with Crippen LogP contribution in [0.25, 0.3) is 0 Å². The molecule has 0 unspecified atom stereocenters. The van der Waals surface area contributed by atoms with Crippen LogP contribution in [0.5, 0.6) is 0 Å². The lowest BCUT2D eigenvalue weighted by Crippen LogP contribution is -2.15. The molecule has 0 amide bonds. The number of rotatable bonds is 4. The minimum Gasteiger partial charge on any atom is -0.274 e. The third-order valence-corrected chi connectivity index (χ3v) is 0.945. The zero-order valence-electron chi connectivity index (χ0n) is 6.17. The Balaban J connectivity index is 3.55. The molecule has 0 saturated carbocycles. The molecule has 0 fully saturated rings. The van der Waals surface area contributed by atoms with Gasteiger partial charge in [0.15, 0.2) is 0 Å². The summed E-state index contributed by atoms with van der Waals surface area (Å²) in [4.78, 5) is 0. The van der Waals surface area contributed by atoms with Crippen LogP contribution in [0.1, 0.15) is 13.8 Å². The van der Waals surface area contributed by atoms with Gasteiger partial charge in [0.2, 0.25) is 0 Å². The highest BCUT2D eigenvalue weighted by atomic mass is 15.4. The summed E-state index contributed by atoms with van der Waals surface area (Å²) in [5.74, 6) is 0.605. The lowest BCUT2D eigenvalue weighted by molar-refractivity contribution is 0.350. The van der Waals surface area contributed by atoms with E-state index in [2.05, 4.69) is 32.2 Å². The second-order valence-corrected chi connectivity index (χ2v) is 2.34. The van der Waals surface area contributed by atoms with E-state index >= 15 is 0 Å². The molecule has 0 radical (unpaired) electrons. The van der Waals surface area contributed by atoms with Gasteiger partial charge in [0.05, 0.1) is 0 Å². The van der Waals surface area contributed by atoms with Crippen molar-refractivity contribution in [3.63, 3.8) is 0 Å². The van der Waals surface area contributed by atoms with Crippen molar-refractivity contribution >= 4 is 6.72 Å². The summed E-state index contributed by atoms with van der Waals surface area (Å²) in [6.45, 7) is 12.1. The Kier molecular flexibility index (Phi) is 3.76. The van der Waals surface area contributed by atoms with Gasteiger partial charge >= 0.3 is 0 Å². The van der Waals surface area contributed by atoms with E-state index in [0.717, 1.165) is 6.54 Å². The first-order valence-electron chi connectivity index (χ1n) is 3.06. The summed E-state index contributed by atoms with van der Waals surface area (Å²) in [5.41, 5.74) is 0. The highest BCUT2D eigenvalue weighted by Crippen LogP contribution is 1.97. The minimum absolute atomic E-state index is 0.605. The molecule has 0 spiro atoms. The summed E-state index contributed by atoms with van der Waals surface area (Å²) in [6, 6.07) is 0. The Bertz CT molecular complexity index is 89.1. The second kappa shape index (κ2) is 4.13. The number of nitrogens with zero attached hydrogens (tertiary/aromatic N) is 2. The molecular weight excluding hydrogens is 112 g/mol. The molecule has 0 rings (SSSR count). The molecular formula is C7H14N2. The van der Waals surface area contributed by atoms with Crippen LogP contribution >= 0.6 is 0 Å². The molecule has 0 aromatic carbocycles. The van der Waals surface area contributed by atoms with Gasteiger partial charge in [-0.15, -0.1) is 0 Å². The maximum absolute atomic E-state index is 3.71. The Morgan fingerprint density at radius 3 is 2.33 bits per heavy atom. The van der Waals surface area contributed by atoms with E-state index in [9.17, 15) is 0 Å². The summed E-state index contributed by atoms with van der Waals surface area (Å²) in [5, 5.41) is 5.44. The average Bonchev–Trinajstić information content (AvgIpc) is 1.82. The van der Waals surface area contributed by atoms with Gasteiger partial charge in [-0.3, -0.25) is 5.01 Å². The monoisotopic (exact) mass is 126 g/mol. The topological polar surface area (TPSA) is 15.6 Å². The molecule has 0 aliphatic carbocycles. The van der Waals surface area contributed by atoms with E-state index in [0.29, 0.717) is 5.92 Å². The maximum atomic E-state index is 3.71. The molecule has 0 aromatic rings. The van der Waals surface area contributed by atoms with Crippen LogP contribution in [-0.4, -0.2) is 18.3 Å².